The number of hydrogen-bond donors (Lipinski definition) is 1. The number of amides is 1. The lowest BCUT2D eigenvalue weighted by Crippen LogP contribution is -2.40. The van der Waals surface area contributed by atoms with Crippen molar-refractivity contribution in [3.05, 3.63) is 53.1 Å². The molecule has 20 heavy (non-hydrogen) atoms. The van der Waals surface area contributed by atoms with Gasteiger partial charge in [0.2, 0.25) is 5.91 Å². The minimum absolute atomic E-state index is 0.0605. The lowest BCUT2D eigenvalue weighted by Gasteiger charge is -2.24. The second kappa shape index (κ2) is 5.67. The fourth-order valence-electron chi connectivity index (χ4n) is 2.56. The van der Waals surface area contributed by atoms with Gasteiger partial charge in [0.05, 0.1) is 12.7 Å². The molecule has 0 radical (unpaired) electrons. The van der Waals surface area contributed by atoms with Gasteiger partial charge in [0, 0.05) is 35.9 Å². The van der Waals surface area contributed by atoms with Crippen LogP contribution >= 0.6 is 11.6 Å². The molecular formula is C15H16ClN3O. The minimum Gasteiger partial charge on any atom is -0.353 e. The number of aromatic nitrogens is 2. The first-order valence-corrected chi connectivity index (χ1v) is 7.11. The molecule has 1 N–H and O–H groups in total. The Labute approximate surface area is 122 Å². The van der Waals surface area contributed by atoms with Gasteiger partial charge in [-0.25, -0.2) is 4.98 Å². The first-order chi connectivity index (χ1) is 9.70. The van der Waals surface area contributed by atoms with E-state index in [1.807, 2.05) is 36.8 Å². The molecule has 0 saturated heterocycles. The highest BCUT2D eigenvalue weighted by Crippen LogP contribution is 2.15. The summed E-state index contributed by atoms with van der Waals surface area (Å²) in [6.45, 7) is 0.918. The first-order valence-electron chi connectivity index (χ1n) is 6.73. The maximum atomic E-state index is 12.0. The fourth-order valence-corrected chi connectivity index (χ4v) is 2.68. The second-order valence-electron chi connectivity index (χ2n) is 5.14. The first kappa shape index (κ1) is 13.2. The lowest BCUT2D eigenvalue weighted by atomic mass is 10.0. The van der Waals surface area contributed by atoms with Crippen molar-refractivity contribution >= 4 is 17.5 Å². The molecule has 2 aromatic rings. The third-order valence-electron chi connectivity index (χ3n) is 3.62. The Morgan fingerprint density at radius 1 is 1.40 bits per heavy atom. The van der Waals surface area contributed by atoms with E-state index >= 15 is 0 Å². The van der Waals surface area contributed by atoms with Gasteiger partial charge < -0.3 is 9.88 Å². The van der Waals surface area contributed by atoms with Crippen LogP contribution in [0.3, 0.4) is 0 Å². The van der Waals surface area contributed by atoms with Crippen molar-refractivity contribution in [2.24, 2.45) is 0 Å². The summed E-state index contributed by atoms with van der Waals surface area (Å²) >= 11 is 5.83. The number of rotatable bonds is 3. The van der Waals surface area contributed by atoms with Crippen molar-refractivity contribution in [2.45, 2.75) is 31.8 Å². The monoisotopic (exact) mass is 289 g/mol. The molecule has 2 heterocycles. The topological polar surface area (TPSA) is 46.9 Å². The van der Waals surface area contributed by atoms with E-state index in [4.69, 9.17) is 11.6 Å². The largest absolute Gasteiger partial charge is 0.353 e. The number of hydrogen-bond acceptors (Lipinski definition) is 2. The predicted octanol–water partition coefficient (Wildman–Crippen LogP) is 2.21. The molecule has 104 valence electrons. The third-order valence-corrected chi connectivity index (χ3v) is 3.87. The molecule has 0 fully saturated rings. The van der Waals surface area contributed by atoms with E-state index in [0.29, 0.717) is 11.4 Å². The van der Waals surface area contributed by atoms with Crippen LogP contribution in [0.15, 0.2) is 36.8 Å². The van der Waals surface area contributed by atoms with Crippen LogP contribution in [-0.4, -0.2) is 21.5 Å². The van der Waals surface area contributed by atoms with Crippen LogP contribution in [0.5, 0.6) is 0 Å². The zero-order valence-corrected chi connectivity index (χ0v) is 11.8. The molecular weight excluding hydrogens is 274 g/mol. The summed E-state index contributed by atoms with van der Waals surface area (Å²) in [5.41, 5.74) is 2.17. The Morgan fingerprint density at radius 3 is 3.00 bits per heavy atom. The summed E-state index contributed by atoms with van der Waals surface area (Å²) in [6, 6.07) is 7.60. The summed E-state index contributed by atoms with van der Waals surface area (Å²) < 4.78 is 2.14. The molecule has 1 atom stereocenters. The molecule has 0 spiro atoms. The van der Waals surface area contributed by atoms with E-state index in [9.17, 15) is 4.79 Å². The Kier molecular flexibility index (Phi) is 3.74. The molecule has 1 aromatic carbocycles. The number of nitrogens with zero attached hydrogens (tertiary/aromatic N) is 2. The van der Waals surface area contributed by atoms with Crippen molar-refractivity contribution in [1.29, 1.82) is 0 Å². The Morgan fingerprint density at radius 2 is 2.20 bits per heavy atom. The van der Waals surface area contributed by atoms with E-state index < -0.39 is 0 Å². The average molecular weight is 290 g/mol. The highest BCUT2D eigenvalue weighted by molar-refractivity contribution is 6.30. The van der Waals surface area contributed by atoms with Crippen LogP contribution in [-0.2, 0) is 24.2 Å². The summed E-state index contributed by atoms with van der Waals surface area (Å²) in [5, 5.41) is 3.79. The van der Waals surface area contributed by atoms with Crippen molar-refractivity contribution in [2.75, 3.05) is 0 Å². The molecule has 1 aliphatic heterocycles. The van der Waals surface area contributed by atoms with Crippen molar-refractivity contribution in [3.63, 3.8) is 0 Å². The summed E-state index contributed by atoms with van der Waals surface area (Å²) in [7, 11) is 0. The zero-order chi connectivity index (χ0) is 13.9. The molecule has 0 saturated carbocycles. The summed E-state index contributed by atoms with van der Waals surface area (Å²) in [6.07, 6.45) is 5.92. The van der Waals surface area contributed by atoms with E-state index in [-0.39, 0.29) is 11.9 Å². The maximum Gasteiger partial charge on any atom is 0.224 e. The number of imidazole rings is 1. The van der Waals surface area contributed by atoms with Gasteiger partial charge >= 0.3 is 0 Å². The minimum atomic E-state index is 0.0605. The van der Waals surface area contributed by atoms with Crippen molar-refractivity contribution in [1.82, 2.24) is 14.9 Å². The number of benzene rings is 1. The fraction of sp³-hybridized carbons (Fsp3) is 0.333. The van der Waals surface area contributed by atoms with Crippen LogP contribution in [0.1, 0.15) is 17.7 Å². The maximum absolute atomic E-state index is 12.0. The van der Waals surface area contributed by atoms with Gasteiger partial charge in [-0.1, -0.05) is 23.7 Å². The number of carbonyl (C=O) groups is 1. The molecule has 0 aliphatic carbocycles. The molecule has 5 heteroatoms. The summed E-state index contributed by atoms with van der Waals surface area (Å²) in [5.74, 6) is 0.0605. The van der Waals surface area contributed by atoms with Crippen LogP contribution in [0, 0.1) is 0 Å². The van der Waals surface area contributed by atoms with Gasteiger partial charge in [-0.05, 0) is 24.1 Å². The van der Waals surface area contributed by atoms with Gasteiger partial charge in [0.1, 0.15) is 0 Å². The highest BCUT2D eigenvalue weighted by Gasteiger charge is 2.20. The summed E-state index contributed by atoms with van der Waals surface area (Å²) in [4.78, 5) is 16.2. The molecule has 3 rings (SSSR count). The highest BCUT2D eigenvalue weighted by atomic mass is 35.5. The van der Waals surface area contributed by atoms with E-state index in [1.165, 1.54) is 5.69 Å². The standard InChI is InChI=1S/C15H16ClN3O/c16-12-3-1-11(2-4-12)7-15(20)18-13-5-6-19-10-17-9-14(19)8-13/h1-4,9-10,13H,5-8H2,(H,18,20). The van der Waals surface area contributed by atoms with E-state index in [2.05, 4.69) is 14.9 Å². The molecule has 0 bridgehead atoms. The van der Waals surface area contributed by atoms with Crippen LogP contribution in [0.2, 0.25) is 5.02 Å². The van der Waals surface area contributed by atoms with Gasteiger partial charge in [-0.15, -0.1) is 0 Å². The van der Waals surface area contributed by atoms with Crippen molar-refractivity contribution < 1.29 is 4.79 Å². The van der Waals surface area contributed by atoms with Gasteiger partial charge in [0.25, 0.3) is 0 Å². The molecule has 1 aliphatic rings. The van der Waals surface area contributed by atoms with Gasteiger partial charge in [-0.2, -0.15) is 0 Å². The normalized spacial score (nSPS) is 17.6. The van der Waals surface area contributed by atoms with E-state index in [0.717, 1.165) is 24.9 Å². The predicted molar refractivity (Wildman–Crippen MR) is 77.6 cm³/mol. The number of aryl methyl sites for hydroxylation is 1. The zero-order valence-electron chi connectivity index (χ0n) is 11.1. The third kappa shape index (κ3) is 3.02. The lowest BCUT2D eigenvalue weighted by molar-refractivity contribution is -0.121. The quantitative estimate of drug-likeness (QED) is 0.942. The SMILES string of the molecule is O=C(Cc1ccc(Cl)cc1)NC1CCn2cncc2C1. The Bertz CT molecular complexity index is 606. The van der Waals surface area contributed by atoms with Crippen LogP contribution < -0.4 is 5.32 Å². The molecule has 1 aromatic heterocycles. The average Bonchev–Trinajstić information content (AvgIpc) is 2.89. The second-order valence-corrected chi connectivity index (χ2v) is 5.58. The van der Waals surface area contributed by atoms with Gasteiger partial charge in [0.15, 0.2) is 0 Å². The van der Waals surface area contributed by atoms with Crippen LogP contribution in [0.25, 0.3) is 0 Å². The number of nitrogens with one attached hydrogen (secondary N) is 1. The van der Waals surface area contributed by atoms with Crippen LogP contribution in [0.4, 0.5) is 0 Å². The Balaban J connectivity index is 1.56. The van der Waals surface area contributed by atoms with E-state index in [1.54, 1.807) is 0 Å². The molecule has 1 amide bonds. The smallest absolute Gasteiger partial charge is 0.224 e. The Hall–Kier alpha value is -1.81. The number of halogens is 1. The molecule has 1 unspecified atom stereocenters. The number of carbonyl (C=O) groups excluding carboxylic acids is 1. The number of fused-ring (bicyclic) bond motifs is 1. The van der Waals surface area contributed by atoms with Crippen molar-refractivity contribution in [3.8, 4) is 0 Å². The molecule has 4 nitrogen and oxygen atoms in total. The van der Waals surface area contributed by atoms with Gasteiger partial charge in [-0.3, -0.25) is 4.79 Å².